The second-order valence-corrected chi connectivity index (χ2v) is 3.65. The Kier molecular flexibility index (Phi) is 2.44. The minimum absolute atomic E-state index is 0.510. The van der Waals surface area contributed by atoms with Crippen LogP contribution < -0.4 is 5.73 Å². The van der Waals surface area contributed by atoms with E-state index < -0.39 is 0 Å². The van der Waals surface area contributed by atoms with E-state index in [1.165, 1.54) is 5.56 Å². The van der Waals surface area contributed by atoms with Gasteiger partial charge in [0.25, 0.3) is 0 Å². The summed E-state index contributed by atoms with van der Waals surface area (Å²) in [6.45, 7) is 3.32. The molecule has 0 amide bonds. The minimum Gasteiger partial charge on any atom is -0.329 e. The molecule has 0 aliphatic rings. The fourth-order valence-corrected chi connectivity index (χ4v) is 1.81. The smallest absolute Gasteiger partial charge is 0.203 e. The van der Waals surface area contributed by atoms with Crippen LogP contribution in [0.4, 0.5) is 0 Å². The highest BCUT2D eigenvalue weighted by Gasteiger charge is 2.07. The molecule has 0 saturated heterocycles. The molecule has 0 fully saturated rings. The van der Waals surface area contributed by atoms with E-state index in [0.29, 0.717) is 18.4 Å². The SMILES string of the molecule is Cc1ccc2nc(Cl)n(CCN)c2c1. The number of rotatable bonds is 2. The van der Waals surface area contributed by atoms with Gasteiger partial charge in [-0.3, -0.25) is 0 Å². The lowest BCUT2D eigenvalue weighted by atomic mass is 10.2. The molecule has 4 heteroatoms. The maximum absolute atomic E-state index is 6.00. The van der Waals surface area contributed by atoms with Crippen LogP contribution in [0.5, 0.6) is 0 Å². The molecular formula is C10H12ClN3. The lowest BCUT2D eigenvalue weighted by Gasteiger charge is -2.02. The van der Waals surface area contributed by atoms with Crippen LogP contribution in [0.3, 0.4) is 0 Å². The Hall–Kier alpha value is -1.06. The van der Waals surface area contributed by atoms with Crippen LogP contribution in [0.25, 0.3) is 11.0 Å². The fraction of sp³-hybridized carbons (Fsp3) is 0.300. The lowest BCUT2D eigenvalue weighted by Crippen LogP contribution is -2.09. The van der Waals surface area contributed by atoms with Crippen LogP contribution in [0.1, 0.15) is 5.56 Å². The first-order chi connectivity index (χ1) is 6.72. The average Bonchev–Trinajstić information content (AvgIpc) is 2.45. The number of fused-ring (bicyclic) bond motifs is 1. The number of aromatic nitrogens is 2. The van der Waals surface area contributed by atoms with Gasteiger partial charge in [0.15, 0.2) is 0 Å². The van der Waals surface area contributed by atoms with Crippen LogP contribution >= 0.6 is 11.6 Å². The molecule has 3 nitrogen and oxygen atoms in total. The van der Waals surface area contributed by atoms with Crippen molar-refractivity contribution in [3.63, 3.8) is 0 Å². The Morgan fingerprint density at radius 1 is 1.50 bits per heavy atom. The second kappa shape index (κ2) is 3.59. The predicted octanol–water partition coefficient (Wildman–Crippen LogP) is 1.96. The average molecular weight is 210 g/mol. The molecule has 0 bridgehead atoms. The maximum atomic E-state index is 6.00. The summed E-state index contributed by atoms with van der Waals surface area (Å²) in [6.07, 6.45) is 0. The highest BCUT2D eigenvalue weighted by Crippen LogP contribution is 2.20. The second-order valence-electron chi connectivity index (χ2n) is 3.31. The van der Waals surface area contributed by atoms with E-state index in [2.05, 4.69) is 11.1 Å². The van der Waals surface area contributed by atoms with Gasteiger partial charge in [0.1, 0.15) is 0 Å². The molecule has 0 unspecified atom stereocenters. The minimum atomic E-state index is 0.510. The maximum Gasteiger partial charge on any atom is 0.203 e. The summed E-state index contributed by atoms with van der Waals surface area (Å²) in [4.78, 5) is 4.25. The van der Waals surface area contributed by atoms with Gasteiger partial charge in [-0.15, -0.1) is 0 Å². The van der Waals surface area contributed by atoms with Crippen LogP contribution in [0.2, 0.25) is 5.28 Å². The molecule has 1 aromatic carbocycles. The summed E-state index contributed by atoms with van der Waals surface area (Å²) in [7, 11) is 0. The summed E-state index contributed by atoms with van der Waals surface area (Å²) in [5.74, 6) is 0. The predicted molar refractivity (Wildman–Crippen MR) is 58.5 cm³/mol. The summed E-state index contributed by atoms with van der Waals surface area (Å²) < 4.78 is 1.93. The number of hydrogen-bond acceptors (Lipinski definition) is 2. The molecule has 0 atom stereocenters. The largest absolute Gasteiger partial charge is 0.329 e. The van der Waals surface area contributed by atoms with Gasteiger partial charge in [-0.25, -0.2) is 4.98 Å². The summed E-state index contributed by atoms with van der Waals surface area (Å²) in [5.41, 5.74) is 8.69. The van der Waals surface area contributed by atoms with Gasteiger partial charge in [0, 0.05) is 13.1 Å². The van der Waals surface area contributed by atoms with E-state index in [-0.39, 0.29) is 0 Å². The van der Waals surface area contributed by atoms with Crippen molar-refractivity contribution in [1.29, 1.82) is 0 Å². The van der Waals surface area contributed by atoms with Crippen LogP contribution in [0, 0.1) is 6.92 Å². The zero-order chi connectivity index (χ0) is 10.1. The van der Waals surface area contributed by atoms with Crippen molar-refractivity contribution < 1.29 is 0 Å². The molecule has 0 aliphatic heterocycles. The van der Waals surface area contributed by atoms with E-state index in [1.807, 2.05) is 23.6 Å². The van der Waals surface area contributed by atoms with E-state index in [4.69, 9.17) is 17.3 Å². The highest BCUT2D eigenvalue weighted by atomic mass is 35.5. The normalized spacial score (nSPS) is 11.1. The molecule has 14 heavy (non-hydrogen) atoms. The Morgan fingerprint density at radius 3 is 3.00 bits per heavy atom. The number of halogens is 1. The van der Waals surface area contributed by atoms with Crippen molar-refractivity contribution in [2.75, 3.05) is 6.54 Å². The Labute approximate surface area is 87.5 Å². The summed E-state index contributed by atoms with van der Waals surface area (Å²) in [5, 5.41) is 0.510. The molecule has 0 spiro atoms. The third-order valence-electron chi connectivity index (χ3n) is 2.21. The third kappa shape index (κ3) is 1.49. The first-order valence-corrected chi connectivity index (χ1v) is 4.92. The number of aryl methyl sites for hydroxylation is 1. The van der Waals surface area contributed by atoms with Gasteiger partial charge in [0.2, 0.25) is 5.28 Å². The Morgan fingerprint density at radius 2 is 2.29 bits per heavy atom. The lowest BCUT2D eigenvalue weighted by molar-refractivity contribution is 0.729. The number of hydrogen-bond donors (Lipinski definition) is 1. The number of benzene rings is 1. The summed E-state index contributed by atoms with van der Waals surface area (Å²) >= 11 is 6.00. The Bertz CT molecular complexity index is 462. The number of nitrogens with two attached hydrogens (primary N) is 1. The molecule has 0 radical (unpaired) electrons. The zero-order valence-electron chi connectivity index (χ0n) is 8.00. The van der Waals surface area contributed by atoms with Crippen molar-refractivity contribution in [1.82, 2.24) is 9.55 Å². The van der Waals surface area contributed by atoms with Gasteiger partial charge in [-0.1, -0.05) is 6.07 Å². The fourth-order valence-electron chi connectivity index (χ4n) is 1.55. The van der Waals surface area contributed by atoms with Crippen molar-refractivity contribution >= 4 is 22.6 Å². The van der Waals surface area contributed by atoms with Gasteiger partial charge in [0.05, 0.1) is 11.0 Å². The number of imidazole rings is 1. The summed E-state index contributed by atoms with van der Waals surface area (Å²) in [6, 6.07) is 6.08. The van der Waals surface area contributed by atoms with Crippen molar-refractivity contribution in [3.05, 3.63) is 29.0 Å². The first kappa shape index (κ1) is 9.49. The molecule has 2 rings (SSSR count). The van der Waals surface area contributed by atoms with E-state index >= 15 is 0 Å². The number of nitrogens with zero attached hydrogens (tertiary/aromatic N) is 2. The quantitative estimate of drug-likeness (QED) is 0.822. The van der Waals surface area contributed by atoms with Crippen molar-refractivity contribution in [3.8, 4) is 0 Å². The van der Waals surface area contributed by atoms with Crippen LogP contribution in [0.15, 0.2) is 18.2 Å². The van der Waals surface area contributed by atoms with Crippen molar-refractivity contribution in [2.45, 2.75) is 13.5 Å². The van der Waals surface area contributed by atoms with Gasteiger partial charge in [-0.2, -0.15) is 0 Å². The molecule has 74 valence electrons. The zero-order valence-corrected chi connectivity index (χ0v) is 8.75. The Balaban J connectivity index is 2.66. The first-order valence-electron chi connectivity index (χ1n) is 4.55. The monoisotopic (exact) mass is 209 g/mol. The van der Waals surface area contributed by atoms with E-state index in [1.54, 1.807) is 0 Å². The molecule has 2 N–H and O–H groups in total. The highest BCUT2D eigenvalue weighted by molar-refractivity contribution is 6.29. The topological polar surface area (TPSA) is 43.8 Å². The van der Waals surface area contributed by atoms with Crippen LogP contribution in [-0.4, -0.2) is 16.1 Å². The molecule has 0 saturated carbocycles. The molecular weight excluding hydrogens is 198 g/mol. The van der Waals surface area contributed by atoms with Gasteiger partial charge >= 0.3 is 0 Å². The van der Waals surface area contributed by atoms with Crippen molar-refractivity contribution in [2.24, 2.45) is 5.73 Å². The molecule has 0 aliphatic carbocycles. The van der Waals surface area contributed by atoms with E-state index in [0.717, 1.165) is 11.0 Å². The van der Waals surface area contributed by atoms with E-state index in [9.17, 15) is 0 Å². The molecule has 2 aromatic rings. The van der Waals surface area contributed by atoms with Gasteiger partial charge < -0.3 is 10.3 Å². The standard InChI is InChI=1S/C10H12ClN3/c1-7-2-3-8-9(6-7)14(5-4-12)10(11)13-8/h2-3,6H,4-5,12H2,1H3. The third-order valence-corrected chi connectivity index (χ3v) is 2.50. The van der Waals surface area contributed by atoms with Crippen LogP contribution in [-0.2, 0) is 6.54 Å². The van der Waals surface area contributed by atoms with Gasteiger partial charge in [-0.05, 0) is 36.2 Å². The molecule has 1 heterocycles. The molecule has 1 aromatic heterocycles.